The fraction of sp³-hybridized carbons (Fsp3) is 0.588. The third kappa shape index (κ3) is 4.81. The molecular formula is C17H25FN2O. The molecule has 0 spiro atoms. The normalized spacial score (nSPS) is 18.5. The van der Waals surface area contributed by atoms with Crippen molar-refractivity contribution in [1.82, 2.24) is 10.2 Å². The molecule has 1 aromatic rings. The summed E-state index contributed by atoms with van der Waals surface area (Å²) in [4.78, 5) is 13.9. The number of benzene rings is 1. The lowest BCUT2D eigenvalue weighted by Crippen LogP contribution is -2.35. The van der Waals surface area contributed by atoms with Gasteiger partial charge in [0.1, 0.15) is 5.82 Å². The molecule has 116 valence electrons. The van der Waals surface area contributed by atoms with E-state index in [0.29, 0.717) is 18.4 Å². The van der Waals surface area contributed by atoms with Crippen molar-refractivity contribution in [3.63, 3.8) is 0 Å². The molecule has 4 heteroatoms. The number of nitrogens with one attached hydrogen (secondary N) is 1. The van der Waals surface area contributed by atoms with Crippen LogP contribution < -0.4 is 5.32 Å². The van der Waals surface area contributed by atoms with Crippen molar-refractivity contribution < 1.29 is 9.18 Å². The van der Waals surface area contributed by atoms with Crippen LogP contribution in [0.25, 0.3) is 0 Å². The van der Waals surface area contributed by atoms with Gasteiger partial charge in [-0.1, -0.05) is 25.5 Å². The van der Waals surface area contributed by atoms with Crippen molar-refractivity contribution in [3.05, 3.63) is 35.6 Å². The van der Waals surface area contributed by atoms with Gasteiger partial charge >= 0.3 is 0 Å². The molecule has 0 radical (unpaired) electrons. The van der Waals surface area contributed by atoms with Crippen LogP contribution >= 0.6 is 0 Å². The molecule has 1 amide bonds. The van der Waals surface area contributed by atoms with E-state index in [1.54, 1.807) is 12.1 Å². The van der Waals surface area contributed by atoms with E-state index in [0.717, 1.165) is 50.9 Å². The largest absolute Gasteiger partial charge is 0.340 e. The second kappa shape index (κ2) is 8.13. The highest BCUT2D eigenvalue weighted by Gasteiger charge is 2.29. The van der Waals surface area contributed by atoms with Crippen LogP contribution in [-0.4, -0.2) is 29.9 Å². The number of hydrogen-bond donors (Lipinski definition) is 1. The molecule has 1 saturated heterocycles. The maximum absolute atomic E-state index is 12.8. The molecule has 0 aliphatic carbocycles. The standard InChI is InChI=1S/C17H25FN2O/c1-2-3-12-20-16(8-9-17(20)21)10-11-19-13-14-4-6-15(18)7-5-14/h4-7,16,19H,2-3,8-13H2,1H3. The second-order valence-electron chi connectivity index (χ2n) is 5.73. The molecule has 0 aromatic heterocycles. The van der Waals surface area contributed by atoms with E-state index in [9.17, 15) is 9.18 Å². The number of amides is 1. The highest BCUT2D eigenvalue weighted by atomic mass is 19.1. The topological polar surface area (TPSA) is 32.3 Å². The van der Waals surface area contributed by atoms with E-state index in [2.05, 4.69) is 17.1 Å². The Balaban J connectivity index is 1.70. The lowest BCUT2D eigenvalue weighted by molar-refractivity contribution is -0.129. The lowest BCUT2D eigenvalue weighted by Gasteiger charge is -2.24. The number of halogens is 1. The second-order valence-corrected chi connectivity index (χ2v) is 5.73. The van der Waals surface area contributed by atoms with Gasteiger partial charge in [-0.15, -0.1) is 0 Å². The zero-order valence-corrected chi connectivity index (χ0v) is 12.8. The zero-order valence-electron chi connectivity index (χ0n) is 12.8. The quantitative estimate of drug-likeness (QED) is 0.747. The van der Waals surface area contributed by atoms with Crippen LogP contribution in [0.15, 0.2) is 24.3 Å². The van der Waals surface area contributed by atoms with Crippen molar-refractivity contribution in [2.75, 3.05) is 13.1 Å². The average molecular weight is 292 g/mol. The minimum absolute atomic E-state index is 0.199. The summed E-state index contributed by atoms with van der Waals surface area (Å²) < 4.78 is 12.8. The monoisotopic (exact) mass is 292 g/mol. The van der Waals surface area contributed by atoms with Gasteiger partial charge in [-0.2, -0.15) is 0 Å². The summed E-state index contributed by atoms with van der Waals surface area (Å²) in [7, 11) is 0. The molecule has 3 nitrogen and oxygen atoms in total. The van der Waals surface area contributed by atoms with Crippen LogP contribution in [0.1, 0.15) is 44.6 Å². The van der Waals surface area contributed by atoms with Crippen LogP contribution in [0.3, 0.4) is 0 Å². The summed E-state index contributed by atoms with van der Waals surface area (Å²) in [5.41, 5.74) is 1.08. The molecule has 1 unspecified atom stereocenters. The molecule has 21 heavy (non-hydrogen) atoms. The number of likely N-dealkylation sites (tertiary alicyclic amines) is 1. The first kappa shape index (κ1) is 16.0. The number of hydrogen-bond acceptors (Lipinski definition) is 2. The van der Waals surface area contributed by atoms with Crippen LogP contribution in [-0.2, 0) is 11.3 Å². The Kier molecular flexibility index (Phi) is 6.18. The highest BCUT2D eigenvalue weighted by Crippen LogP contribution is 2.21. The number of nitrogens with zero attached hydrogens (tertiary/aromatic N) is 1. The van der Waals surface area contributed by atoms with E-state index < -0.39 is 0 Å². The Morgan fingerprint density at radius 2 is 2.10 bits per heavy atom. The summed E-state index contributed by atoms with van der Waals surface area (Å²) in [5, 5.41) is 3.38. The number of rotatable bonds is 8. The van der Waals surface area contributed by atoms with Gasteiger partial charge < -0.3 is 10.2 Å². The first-order valence-corrected chi connectivity index (χ1v) is 7.95. The molecule has 1 atom stereocenters. The van der Waals surface area contributed by atoms with Gasteiger partial charge in [-0.3, -0.25) is 4.79 Å². The van der Waals surface area contributed by atoms with E-state index in [4.69, 9.17) is 0 Å². The van der Waals surface area contributed by atoms with Crippen LogP contribution in [0.4, 0.5) is 4.39 Å². The predicted molar refractivity (Wildman–Crippen MR) is 82.4 cm³/mol. The number of carbonyl (C=O) groups excluding carboxylic acids is 1. The van der Waals surface area contributed by atoms with E-state index in [1.165, 1.54) is 12.1 Å². The van der Waals surface area contributed by atoms with Gasteiger partial charge in [-0.25, -0.2) is 4.39 Å². The molecule has 1 aromatic carbocycles. The predicted octanol–water partition coefficient (Wildman–Crippen LogP) is 3.10. The van der Waals surface area contributed by atoms with Crippen molar-refractivity contribution >= 4 is 5.91 Å². The summed E-state index contributed by atoms with van der Waals surface area (Å²) in [6.45, 7) is 4.69. The Morgan fingerprint density at radius 1 is 1.33 bits per heavy atom. The lowest BCUT2D eigenvalue weighted by atomic mass is 10.1. The third-order valence-corrected chi connectivity index (χ3v) is 4.10. The van der Waals surface area contributed by atoms with Gasteiger partial charge in [0.05, 0.1) is 0 Å². The molecule has 1 fully saturated rings. The van der Waals surface area contributed by atoms with E-state index >= 15 is 0 Å². The van der Waals surface area contributed by atoms with Gasteiger partial charge in [0.15, 0.2) is 0 Å². The smallest absolute Gasteiger partial charge is 0.222 e. The number of unbranched alkanes of at least 4 members (excludes halogenated alkanes) is 1. The van der Waals surface area contributed by atoms with E-state index in [1.807, 2.05) is 0 Å². The van der Waals surface area contributed by atoms with Gasteiger partial charge in [-0.05, 0) is 43.5 Å². The molecule has 1 N–H and O–H groups in total. The maximum Gasteiger partial charge on any atom is 0.222 e. The average Bonchev–Trinajstić information content (AvgIpc) is 2.84. The minimum atomic E-state index is -0.199. The van der Waals surface area contributed by atoms with Gasteiger partial charge in [0.2, 0.25) is 5.91 Å². The highest BCUT2D eigenvalue weighted by molar-refractivity contribution is 5.78. The molecule has 1 aliphatic heterocycles. The molecule has 2 rings (SSSR count). The maximum atomic E-state index is 12.8. The third-order valence-electron chi connectivity index (χ3n) is 4.10. The summed E-state index contributed by atoms with van der Waals surface area (Å²) in [6, 6.07) is 6.96. The molecule has 1 aliphatic rings. The van der Waals surface area contributed by atoms with Crippen molar-refractivity contribution in [1.29, 1.82) is 0 Å². The molecule has 0 saturated carbocycles. The minimum Gasteiger partial charge on any atom is -0.340 e. The Hall–Kier alpha value is -1.42. The Labute approximate surface area is 126 Å². The van der Waals surface area contributed by atoms with Crippen molar-refractivity contribution in [2.45, 2.75) is 51.6 Å². The molecule has 1 heterocycles. The summed E-state index contributed by atoms with van der Waals surface area (Å²) >= 11 is 0. The van der Waals surface area contributed by atoms with E-state index in [-0.39, 0.29) is 5.82 Å². The van der Waals surface area contributed by atoms with Crippen LogP contribution in [0.5, 0.6) is 0 Å². The fourth-order valence-corrected chi connectivity index (χ4v) is 2.83. The first-order chi connectivity index (χ1) is 10.2. The summed E-state index contributed by atoms with van der Waals surface area (Å²) in [6.07, 6.45) is 4.90. The Morgan fingerprint density at radius 3 is 2.81 bits per heavy atom. The molecule has 0 bridgehead atoms. The SMILES string of the molecule is CCCCN1C(=O)CCC1CCNCc1ccc(F)cc1. The first-order valence-electron chi connectivity index (χ1n) is 7.95. The number of carbonyl (C=O) groups is 1. The van der Waals surface area contributed by atoms with Crippen molar-refractivity contribution in [3.8, 4) is 0 Å². The van der Waals surface area contributed by atoms with Crippen LogP contribution in [0, 0.1) is 5.82 Å². The van der Waals surface area contributed by atoms with Gasteiger partial charge in [0.25, 0.3) is 0 Å². The zero-order chi connectivity index (χ0) is 15.1. The van der Waals surface area contributed by atoms with Crippen LogP contribution in [0.2, 0.25) is 0 Å². The molecular weight excluding hydrogens is 267 g/mol. The van der Waals surface area contributed by atoms with Crippen molar-refractivity contribution in [2.24, 2.45) is 0 Å². The van der Waals surface area contributed by atoms with Gasteiger partial charge in [0, 0.05) is 25.6 Å². The Bertz CT molecular complexity index is 447. The summed E-state index contributed by atoms with van der Waals surface area (Å²) in [5.74, 6) is 0.113. The fourth-order valence-electron chi connectivity index (χ4n) is 2.83.